The molecular formula is C21H32O6S. The van der Waals surface area contributed by atoms with Crippen molar-refractivity contribution in [2.24, 2.45) is 34.5 Å². The van der Waals surface area contributed by atoms with Crippen LogP contribution in [-0.2, 0) is 19.4 Å². The van der Waals surface area contributed by atoms with E-state index in [1.165, 1.54) is 5.57 Å². The van der Waals surface area contributed by atoms with Gasteiger partial charge < -0.3 is 5.11 Å². The predicted molar refractivity (Wildman–Crippen MR) is 104 cm³/mol. The molecule has 0 aromatic heterocycles. The summed E-state index contributed by atoms with van der Waals surface area (Å²) in [5.74, 6) is 1.58. The lowest BCUT2D eigenvalue weighted by Crippen LogP contribution is -2.51. The first kappa shape index (κ1) is 20.5. The molecule has 158 valence electrons. The Morgan fingerprint density at radius 2 is 1.93 bits per heavy atom. The number of hydrogen-bond donors (Lipinski definition) is 2. The molecule has 3 saturated carbocycles. The second-order valence-electron chi connectivity index (χ2n) is 9.95. The third-order valence-electron chi connectivity index (χ3n) is 8.86. The molecule has 2 N–H and O–H groups in total. The third kappa shape index (κ3) is 3.18. The highest BCUT2D eigenvalue weighted by molar-refractivity contribution is 7.80. The van der Waals surface area contributed by atoms with Gasteiger partial charge in [0.15, 0.2) is 5.78 Å². The smallest absolute Gasteiger partial charge is 0.389 e. The number of ketones is 1. The van der Waals surface area contributed by atoms with Gasteiger partial charge in [-0.25, -0.2) is 4.18 Å². The normalized spacial score (nSPS) is 45.6. The number of rotatable bonds is 4. The Kier molecular flexibility index (Phi) is 5.05. The van der Waals surface area contributed by atoms with Gasteiger partial charge in [0.2, 0.25) is 0 Å². The van der Waals surface area contributed by atoms with Gasteiger partial charge in [0, 0.05) is 5.92 Å². The molecule has 4 aliphatic carbocycles. The lowest BCUT2D eigenvalue weighted by molar-refractivity contribution is -0.132. The lowest BCUT2D eigenvalue weighted by atomic mass is 9.47. The SMILES string of the molecule is C[C@]12CC[C@H]3[C@@H](CC=C4C[C@@H](OS(=O)(=O)O)CC[C@@]43C)[C@@H]1CC[C@@H]2C(=O)CO. The van der Waals surface area contributed by atoms with Gasteiger partial charge in [0.1, 0.15) is 6.61 Å². The van der Waals surface area contributed by atoms with E-state index in [9.17, 15) is 18.3 Å². The Morgan fingerprint density at radius 1 is 1.18 bits per heavy atom. The van der Waals surface area contributed by atoms with E-state index in [1.807, 2.05) is 0 Å². The molecule has 0 spiro atoms. The highest BCUT2D eigenvalue weighted by Gasteiger charge is 2.59. The molecule has 0 aromatic rings. The van der Waals surface area contributed by atoms with Crippen LogP contribution in [0.2, 0.25) is 0 Å². The fourth-order valence-electron chi connectivity index (χ4n) is 7.52. The van der Waals surface area contributed by atoms with E-state index >= 15 is 0 Å². The van der Waals surface area contributed by atoms with Gasteiger partial charge in [0.25, 0.3) is 0 Å². The maximum Gasteiger partial charge on any atom is 0.397 e. The summed E-state index contributed by atoms with van der Waals surface area (Å²) < 4.78 is 36.1. The van der Waals surface area contributed by atoms with Gasteiger partial charge >= 0.3 is 10.4 Å². The molecule has 0 aliphatic heterocycles. The molecule has 0 unspecified atom stereocenters. The van der Waals surface area contributed by atoms with E-state index in [0.717, 1.165) is 38.5 Å². The number of Topliss-reactive ketones (excluding diaryl/α,β-unsaturated/α-hetero) is 1. The molecule has 3 fully saturated rings. The molecule has 28 heavy (non-hydrogen) atoms. The molecule has 0 aromatic carbocycles. The number of fused-ring (bicyclic) bond motifs is 5. The first-order valence-electron chi connectivity index (χ1n) is 10.6. The monoisotopic (exact) mass is 412 g/mol. The van der Waals surface area contributed by atoms with E-state index in [-0.39, 0.29) is 29.1 Å². The maximum atomic E-state index is 12.3. The molecule has 4 rings (SSSR count). The topological polar surface area (TPSA) is 101 Å². The average Bonchev–Trinajstić information content (AvgIpc) is 2.97. The van der Waals surface area contributed by atoms with E-state index in [1.54, 1.807) is 0 Å². The Bertz CT molecular complexity index is 789. The third-order valence-corrected chi connectivity index (χ3v) is 9.38. The standard InChI is InChI=1S/C21H32O6S/c1-20-9-7-14(27-28(24,25)26)11-13(20)3-4-15-16-5-6-18(19(23)12-22)21(16,2)10-8-17(15)20/h3,14-18,22H,4-12H2,1-2H3,(H,24,25,26)/t14-,15-,16-,17-,18+,20-,21-/m0/s1. The Morgan fingerprint density at radius 3 is 2.61 bits per heavy atom. The van der Waals surface area contributed by atoms with Crippen LogP contribution in [0.5, 0.6) is 0 Å². The van der Waals surface area contributed by atoms with Crippen LogP contribution >= 0.6 is 0 Å². The first-order valence-corrected chi connectivity index (χ1v) is 11.9. The van der Waals surface area contributed by atoms with Crippen molar-refractivity contribution in [1.29, 1.82) is 0 Å². The lowest BCUT2D eigenvalue weighted by Gasteiger charge is -2.58. The molecule has 0 radical (unpaired) electrons. The van der Waals surface area contributed by atoms with Crippen molar-refractivity contribution in [3.63, 3.8) is 0 Å². The minimum Gasteiger partial charge on any atom is -0.389 e. The number of hydrogen-bond acceptors (Lipinski definition) is 5. The van der Waals surface area contributed by atoms with Crippen molar-refractivity contribution in [3.8, 4) is 0 Å². The molecular weight excluding hydrogens is 380 g/mol. The predicted octanol–water partition coefficient (Wildman–Crippen LogP) is 3.31. The van der Waals surface area contributed by atoms with Crippen LogP contribution in [0.1, 0.15) is 65.2 Å². The number of allylic oxidation sites excluding steroid dienone is 1. The summed E-state index contributed by atoms with van der Waals surface area (Å²) in [4.78, 5) is 12.3. The molecule has 4 aliphatic rings. The number of carbonyl (C=O) groups is 1. The van der Waals surface area contributed by atoms with E-state index in [0.29, 0.717) is 30.6 Å². The average molecular weight is 413 g/mol. The Hall–Kier alpha value is -0.760. The van der Waals surface area contributed by atoms with Crippen LogP contribution in [-0.4, -0.2) is 36.6 Å². The number of aliphatic hydroxyl groups excluding tert-OH is 1. The van der Waals surface area contributed by atoms with Gasteiger partial charge in [-0.2, -0.15) is 8.42 Å². The highest BCUT2D eigenvalue weighted by Crippen LogP contribution is 2.66. The summed E-state index contributed by atoms with van der Waals surface area (Å²) in [6, 6.07) is 0. The zero-order valence-electron chi connectivity index (χ0n) is 16.8. The molecule has 7 heteroatoms. The highest BCUT2D eigenvalue weighted by atomic mass is 32.3. The van der Waals surface area contributed by atoms with Crippen molar-refractivity contribution in [2.75, 3.05) is 6.61 Å². The van der Waals surface area contributed by atoms with E-state index < -0.39 is 16.5 Å². The van der Waals surface area contributed by atoms with Gasteiger partial charge in [-0.3, -0.25) is 9.35 Å². The molecule has 0 heterocycles. The summed E-state index contributed by atoms with van der Waals surface area (Å²) >= 11 is 0. The van der Waals surface area contributed by atoms with Gasteiger partial charge in [0.05, 0.1) is 6.10 Å². The van der Waals surface area contributed by atoms with Crippen molar-refractivity contribution in [2.45, 2.75) is 71.3 Å². The first-order chi connectivity index (χ1) is 13.1. The summed E-state index contributed by atoms with van der Waals surface area (Å²) in [7, 11) is -4.42. The Balaban J connectivity index is 1.57. The van der Waals surface area contributed by atoms with Crippen LogP contribution in [0.15, 0.2) is 11.6 Å². The minimum absolute atomic E-state index is 0.00423. The number of carbonyl (C=O) groups excluding carboxylic acids is 1. The van der Waals surface area contributed by atoms with Gasteiger partial charge in [-0.15, -0.1) is 0 Å². The van der Waals surface area contributed by atoms with Crippen LogP contribution in [0, 0.1) is 34.5 Å². The molecule has 0 amide bonds. The van der Waals surface area contributed by atoms with Crippen LogP contribution in [0.25, 0.3) is 0 Å². The van der Waals surface area contributed by atoms with Crippen molar-refractivity contribution in [1.82, 2.24) is 0 Å². The van der Waals surface area contributed by atoms with E-state index in [2.05, 4.69) is 19.9 Å². The summed E-state index contributed by atoms with van der Waals surface area (Å²) in [6.45, 7) is 4.23. The van der Waals surface area contributed by atoms with E-state index in [4.69, 9.17) is 8.74 Å². The zero-order valence-corrected chi connectivity index (χ0v) is 17.6. The number of aliphatic hydroxyl groups is 1. The van der Waals surface area contributed by atoms with Gasteiger partial charge in [-0.1, -0.05) is 25.5 Å². The fraction of sp³-hybridized carbons (Fsp3) is 0.857. The molecule has 0 saturated heterocycles. The molecule has 6 nitrogen and oxygen atoms in total. The van der Waals surface area contributed by atoms with Crippen LogP contribution < -0.4 is 0 Å². The largest absolute Gasteiger partial charge is 0.397 e. The fourth-order valence-corrected chi connectivity index (χ4v) is 8.03. The summed E-state index contributed by atoms with van der Waals surface area (Å²) in [5.41, 5.74) is 1.31. The van der Waals surface area contributed by atoms with Crippen molar-refractivity contribution < 1.29 is 27.1 Å². The second kappa shape index (κ2) is 6.89. The molecule has 7 atom stereocenters. The summed E-state index contributed by atoms with van der Waals surface area (Å²) in [6.07, 6.45) is 8.87. The van der Waals surface area contributed by atoms with Gasteiger partial charge in [-0.05, 0) is 80.0 Å². The maximum absolute atomic E-state index is 12.3. The second-order valence-corrected chi connectivity index (χ2v) is 11.0. The molecule has 0 bridgehead atoms. The van der Waals surface area contributed by atoms with Crippen LogP contribution in [0.4, 0.5) is 0 Å². The quantitative estimate of drug-likeness (QED) is 0.543. The van der Waals surface area contributed by atoms with Crippen molar-refractivity contribution in [3.05, 3.63) is 11.6 Å². The van der Waals surface area contributed by atoms with Crippen LogP contribution in [0.3, 0.4) is 0 Å². The minimum atomic E-state index is -4.42. The Labute approximate surface area is 167 Å². The zero-order chi connectivity index (χ0) is 20.3. The van der Waals surface area contributed by atoms with Crippen molar-refractivity contribution >= 4 is 16.2 Å². The summed E-state index contributed by atoms with van der Waals surface area (Å²) in [5, 5.41) is 9.40.